The molecule has 0 atom stereocenters. The molecule has 8 heteroatoms. The molecule has 1 aromatic carbocycles. The smallest absolute Gasteiger partial charge is 0.341 e. The quantitative estimate of drug-likeness (QED) is 0.643. The van der Waals surface area contributed by atoms with E-state index in [2.05, 4.69) is 10.1 Å². The minimum atomic E-state index is -0.896. The minimum absolute atomic E-state index is 0.00979. The van der Waals surface area contributed by atoms with Gasteiger partial charge in [0.1, 0.15) is 29.3 Å². The van der Waals surface area contributed by atoms with E-state index in [4.69, 9.17) is 16.3 Å². The maximum absolute atomic E-state index is 14.2. The van der Waals surface area contributed by atoms with Gasteiger partial charge in [0.2, 0.25) is 0 Å². The predicted molar refractivity (Wildman–Crippen MR) is 88.8 cm³/mol. The van der Waals surface area contributed by atoms with E-state index in [1.807, 2.05) is 0 Å². The summed E-state index contributed by atoms with van der Waals surface area (Å²) in [5.74, 6) is -1.13. The van der Waals surface area contributed by atoms with Gasteiger partial charge in [-0.25, -0.2) is 13.6 Å². The van der Waals surface area contributed by atoms with Gasteiger partial charge in [-0.15, -0.1) is 0 Å². The Kier molecular flexibility index (Phi) is 4.94. The first kappa shape index (κ1) is 17.3. The largest absolute Gasteiger partial charge is 0.462 e. The van der Waals surface area contributed by atoms with Crippen molar-refractivity contribution in [2.24, 2.45) is 0 Å². The second kappa shape index (κ2) is 7.14. The molecule has 0 unspecified atom stereocenters. The molecular weight excluding hydrogens is 352 g/mol. The molecule has 0 aliphatic heterocycles. The molecule has 0 radical (unpaired) electrons. The zero-order valence-corrected chi connectivity index (χ0v) is 14.1. The molecule has 25 heavy (non-hydrogen) atoms. The molecule has 0 aliphatic carbocycles. The molecule has 0 spiro atoms. The molecule has 0 aliphatic rings. The van der Waals surface area contributed by atoms with Crippen LogP contribution in [0.2, 0.25) is 5.02 Å². The maximum atomic E-state index is 14.2. The van der Waals surface area contributed by atoms with Crippen LogP contribution in [0.25, 0.3) is 10.9 Å². The number of rotatable bonds is 5. The number of carbonyl (C=O) groups is 1. The van der Waals surface area contributed by atoms with Crippen molar-refractivity contribution >= 4 is 28.5 Å². The highest BCUT2D eigenvalue weighted by atomic mass is 35.5. The van der Waals surface area contributed by atoms with Gasteiger partial charge >= 0.3 is 5.97 Å². The Morgan fingerprint density at radius 3 is 2.88 bits per heavy atom. The lowest BCUT2D eigenvalue weighted by Gasteiger charge is -2.06. The van der Waals surface area contributed by atoms with E-state index in [1.165, 1.54) is 23.1 Å². The lowest BCUT2D eigenvalue weighted by atomic mass is 10.1. The van der Waals surface area contributed by atoms with E-state index < -0.39 is 18.5 Å². The van der Waals surface area contributed by atoms with Crippen LogP contribution in [0.1, 0.15) is 28.5 Å². The monoisotopic (exact) mass is 365 g/mol. The van der Waals surface area contributed by atoms with Crippen LogP contribution < -0.4 is 0 Å². The van der Waals surface area contributed by atoms with Crippen molar-refractivity contribution in [1.82, 2.24) is 14.8 Å². The molecule has 0 N–H and O–H groups in total. The zero-order chi connectivity index (χ0) is 18.0. The van der Waals surface area contributed by atoms with Crippen LogP contribution in [0.4, 0.5) is 8.78 Å². The number of halogens is 3. The van der Waals surface area contributed by atoms with Crippen LogP contribution in [-0.2, 0) is 18.0 Å². The summed E-state index contributed by atoms with van der Waals surface area (Å²) >= 11 is 5.90. The number of alkyl halides is 1. The number of pyridine rings is 1. The van der Waals surface area contributed by atoms with E-state index in [9.17, 15) is 13.6 Å². The van der Waals surface area contributed by atoms with Gasteiger partial charge in [-0.1, -0.05) is 11.6 Å². The molecule has 3 rings (SSSR count). The number of fused-ring (bicyclic) bond motifs is 1. The molecule has 0 saturated carbocycles. The number of benzene rings is 1. The van der Waals surface area contributed by atoms with Gasteiger partial charge in [0.15, 0.2) is 0 Å². The van der Waals surface area contributed by atoms with Crippen molar-refractivity contribution in [3.63, 3.8) is 0 Å². The van der Waals surface area contributed by atoms with Gasteiger partial charge in [-0.2, -0.15) is 5.10 Å². The normalized spacial score (nSPS) is 11.0. The van der Waals surface area contributed by atoms with Crippen molar-refractivity contribution in [3.05, 3.63) is 58.3 Å². The second-order valence-corrected chi connectivity index (χ2v) is 5.78. The van der Waals surface area contributed by atoms with Gasteiger partial charge < -0.3 is 4.74 Å². The van der Waals surface area contributed by atoms with E-state index in [1.54, 1.807) is 19.1 Å². The average molecular weight is 366 g/mol. The van der Waals surface area contributed by atoms with Crippen molar-refractivity contribution in [3.8, 4) is 0 Å². The fraction of sp³-hybridized carbons (Fsp3) is 0.235. The molecule has 0 bridgehead atoms. The number of esters is 1. The predicted octanol–water partition coefficient (Wildman–Crippen LogP) is 3.92. The minimum Gasteiger partial charge on any atom is -0.462 e. The van der Waals surface area contributed by atoms with Gasteiger partial charge in [0, 0.05) is 17.8 Å². The highest BCUT2D eigenvalue weighted by molar-refractivity contribution is 6.31. The van der Waals surface area contributed by atoms with Crippen LogP contribution in [0.5, 0.6) is 0 Å². The topological polar surface area (TPSA) is 57.0 Å². The molecule has 0 amide bonds. The highest BCUT2D eigenvalue weighted by Gasteiger charge is 2.18. The molecule has 5 nitrogen and oxygen atoms in total. The SMILES string of the molecule is CCOC(=O)c1cn(Cc2cc(F)c3ncc(Cl)cc3c2)nc1CF. The van der Waals surface area contributed by atoms with Crippen molar-refractivity contribution in [1.29, 1.82) is 0 Å². The van der Waals surface area contributed by atoms with Crippen LogP contribution in [0, 0.1) is 5.82 Å². The number of ether oxygens (including phenoxy) is 1. The van der Waals surface area contributed by atoms with Crippen LogP contribution in [0.15, 0.2) is 30.6 Å². The number of hydrogen-bond acceptors (Lipinski definition) is 4. The molecular formula is C17H14ClF2N3O2. The van der Waals surface area contributed by atoms with Crippen molar-refractivity contribution in [2.45, 2.75) is 20.1 Å². The summed E-state index contributed by atoms with van der Waals surface area (Å²) in [4.78, 5) is 15.8. The Morgan fingerprint density at radius 2 is 2.16 bits per heavy atom. The summed E-state index contributed by atoms with van der Waals surface area (Å²) in [6, 6.07) is 4.65. The average Bonchev–Trinajstić information content (AvgIpc) is 2.97. The Balaban J connectivity index is 1.94. The molecule has 2 heterocycles. The van der Waals surface area contributed by atoms with E-state index in [0.29, 0.717) is 16.0 Å². The standard InChI is InChI=1S/C17H14ClF2N3O2/c1-2-25-17(24)13-9-23(22-15(13)6-19)8-10-3-11-5-12(18)7-21-16(11)14(20)4-10/h3-5,7,9H,2,6,8H2,1H3. The molecule has 0 saturated heterocycles. The Hall–Kier alpha value is -2.54. The third kappa shape index (κ3) is 3.61. The molecule has 3 aromatic rings. The summed E-state index contributed by atoms with van der Waals surface area (Å²) in [6.07, 6.45) is 2.77. The van der Waals surface area contributed by atoms with Crippen molar-refractivity contribution < 1.29 is 18.3 Å². The third-order valence-electron chi connectivity index (χ3n) is 3.57. The van der Waals surface area contributed by atoms with Gasteiger partial charge in [-0.05, 0) is 30.7 Å². The number of aromatic nitrogens is 3. The first-order valence-corrected chi connectivity index (χ1v) is 7.92. The summed E-state index contributed by atoms with van der Waals surface area (Å²) in [7, 11) is 0. The van der Waals surface area contributed by atoms with E-state index >= 15 is 0 Å². The van der Waals surface area contributed by atoms with Gasteiger partial charge in [-0.3, -0.25) is 9.67 Å². The third-order valence-corrected chi connectivity index (χ3v) is 3.77. The zero-order valence-electron chi connectivity index (χ0n) is 13.3. The van der Waals surface area contributed by atoms with Crippen molar-refractivity contribution in [2.75, 3.05) is 6.61 Å². The van der Waals surface area contributed by atoms with Crippen LogP contribution >= 0.6 is 11.6 Å². The number of hydrogen-bond donors (Lipinski definition) is 0. The Labute approximate surface area is 147 Å². The fourth-order valence-corrected chi connectivity index (χ4v) is 2.70. The number of carbonyl (C=O) groups excluding carboxylic acids is 1. The molecule has 0 fully saturated rings. The lowest BCUT2D eigenvalue weighted by molar-refractivity contribution is 0.0524. The summed E-state index contributed by atoms with van der Waals surface area (Å²) in [6.45, 7) is 1.10. The molecule has 2 aromatic heterocycles. The second-order valence-electron chi connectivity index (χ2n) is 5.34. The maximum Gasteiger partial charge on any atom is 0.341 e. The Bertz CT molecular complexity index is 943. The first-order valence-electron chi connectivity index (χ1n) is 7.55. The van der Waals surface area contributed by atoms with Gasteiger partial charge in [0.05, 0.1) is 18.2 Å². The summed E-state index contributed by atoms with van der Waals surface area (Å²) < 4.78 is 33.5. The number of nitrogens with zero attached hydrogens (tertiary/aromatic N) is 3. The van der Waals surface area contributed by atoms with Crippen LogP contribution in [-0.4, -0.2) is 27.3 Å². The Morgan fingerprint density at radius 1 is 1.36 bits per heavy atom. The van der Waals surface area contributed by atoms with Crippen LogP contribution in [0.3, 0.4) is 0 Å². The fourth-order valence-electron chi connectivity index (χ4n) is 2.54. The van der Waals surface area contributed by atoms with Gasteiger partial charge in [0.25, 0.3) is 0 Å². The lowest BCUT2D eigenvalue weighted by Crippen LogP contribution is -2.05. The summed E-state index contributed by atoms with van der Waals surface area (Å²) in [5.41, 5.74) is 0.849. The summed E-state index contributed by atoms with van der Waals surface area (Å²) in [5, 5.41) is 4.97. The van der Waals surface area contributed by atoms with E-state index in [-0.39, 0.29) is 29.9 Å². The first-order chi connectivity index (χ1) is 12.0. The molecule has 130 valence electrons. The highest BCUT2D eigenvalue weighted by Crippen LogP contribution is 2.22. The van der Waals surface area contributed by atoms with E-state index in [0.717, 1.165) is 0 Å².